The van der Waals surface area contributed by atoms with Crippen LogP contribution in [0.5, 0.6) is 0 Å². The van der Waals surface area contributed by atoms with E-state index in [4.69, 9.17) is 9.47 Å². The molecule has 12 atom stereocenters. The molecule has 6 saturated carbocycles. The fourth-order valence-corrected chi connectivity index (χ4v) is 10.9. The molecule has 6 nitrogen and oxygen atoms in total. The molecule has 2 aliphatic heterocycles. The Bertz CT molecular complexity index is 1220. The molecule has 0 aromatic carbocycles. The van der Waals surface area contributed by atoms with Gasteiger partial charge in [-0.05, 0) is 61.2 Å². The molecule has 0 radical (unpaired) electrons. The molecule has 0 amide bonds. The second-order valence-corrected chi connectivity index (χ2v) is 13.8. The van der Waals surface area contributed by atoms with Crippen LogP contribution in [0.4, 0.5) is 0 Å². The number of aliphatic hydroxyl groups is 2. The first-order valence-corrected chi connectivity index (χ1v) is 13.5. The van der Waals surface area contributed by atoms with Gasteiger partial charge in [0.2, 0.25) is 0 Å². The van der Waals surface area contributed by atoms with Crippen LogP contribution in [-0.2, 0) is 19.1 Å². The largest absolute Gasteiger partial charge is 0.446 e. The van der Waals surface area contributed by atoms with Gasteiger partial charge in [-0.25, -0.2) is 9.59 Å². The predicted octanol–water partition coefficient (Wildman–Crippen LogP) is 3.40. The van der Waals surface area contributed by atoms with E-state index in [-0.39, 0.29) is 22.7 Å². The topological polar surface area (TPSA) is 93.1 Å². The summed E-state index contributed by atoms with van der Waals surface area (Å²) in [5.41, 5.74) is 0.630. The lowest BCUT2D eigenvalue weighted by Gasteiger charge is -2.61. The van der Waals surface area contributed by atoms with Gasteiger partial charge >= 0.3 is 11.9 Å². The SMILES string of the molecule is C=C1[C@H]2C[C@H]2[C@]2(C)C[C@@]3([C@@]45C[C@@]6(C)[C@@H]7C[C@@H]7C(=C)[C@@H]6[C@@H](O)C4=C(C)C(=O)O5)OC(=O)C(C)=C3[C@H](O)[C@@H]12. The highest BCUT2D eigenvalue weighted by atomic mass is 16.6. The predicted molar refractivity (Wildman–Crippen MR) is 129 cm³/mol. The molecule has 190 valence electrons. The number of carbonyl (C=O) groups is 2. The fraction of sp³-hybridized carbons (Fsp3) is 0.667. The number of esters is 2. The molecule has 8 rings (SSSR count). The lowest BCUT2D eigenvalue weighted by Crippen LogP contribution is -2.69. The zero-order chi connectivity index (χ0) is 25.5. The van der Waals surface area contributed by atoms with E-state index in [0.717, 1.165) is 24.0 Å². The smallest absolute Gasteiger partial charge is 0.334 e. The highest BCUT2D eigenvalue weighted by Crippen LogP contribution is 2.79. The molecule has 0 unspecified atom stereocenters. The van der Waals surface area contributed by atoms with E-state index in [9.17, 15) is 19.8 Å². The summed E-state index contributed by atoms with van der Waals surface area (Å²) in [6, 6.07) is 0. The lowest BCUT2D eigenvalue weighted by atomic mass is 9.47. The van der Waals surface area contributed by atoms with Gasteiger partial charge in [0, 0.05) is 47.0 Å². The van der Waals surface area contributed by atoms with Gasteiger partial charge in [0.25, 0.3) is 0 Å². The van der Waals surface area contributed by atoms with Crippen molar-refractivity contribution in [3.05, 3.63) is 46.6 Å². The number of rotatable bonds is 1. The number of carbonyl (C=O) groups excluding carboxylic acids is 2. The van der Waals surface area contributed by atoms with Crippen molar-refractivity contribution in [1.29, 1.82) is 0 Å². The van der Waals surface area contributed by atoms with Crippen molar-refractivity contribution in [2.24, 2.45) is 46.3 Å². The van der Waals surface area contributed by atoms with E-state index in [1.807, 2.05) is 0 Å². The van der Waals surface area contributed by atoms with Gasteiger partial charge in [0.1, 0.15) is 0 Å². The van der Waals surface area contributed by atoms with Gasteiger partial charge in [-0.1, -0.05) is 38.2 Å². The first-order valence-electron chi connectivity index (χ1n) is 13.5. The van der Waals surface area contributed by atoms with Crippen LogP contribution in [0.25, 0.3) is 0 Å². The van der Waals surface area contributed by atoms with Crippen molar-refractivity contribution in [3.8, 4) is 0 Å². The third-order valence-electron chi connectivity index (χ3n) is 12.4. The third-order valence-corrected chi connectivity index (χ3v) is 12.4. The molecule has 0 bridgehead atoms. The van der Waals surface area contributed by atoms with Crippen LogP contribution in [-0.4, -0.2) is 45.6 Å². The van der Waals surface area contributed by atoms with Crippen molar-refractivity contribution < 1.29 is 29.3 Å². The summed E-state index contributed by atoms with van der Waals surface area (Å²) >= 11 is 0. The van der Waals surface area contributed by atoms with E-state index >= 15 is 0 Å². The Labute approximate surface area is 211 Å². The summed E-state index contributed by atoms with van der Waals surface area (Å²) in [5.74, 6) is 0.224. The minimum Gasteiger partial charge on any atom is -0.446 e. The lowest BCUT2D eigenvalue weighted by molar-refractivity contribution is -0.219. The Kier molecular flexibility index (Phi) is 3.51. The van der Waals surface area contributed by atoms with Gasteiger partial charge in [-0.3, -0.25) is 0 Å². The molecule has 6 aliphatic carbocycles. The molecule has 36 heavy (non-hydrogen) atoms. The first kappa shape index (κ1) is 21.9. The quantitative estimate of drug-likeness (QED) is 0.432. The molecule has 0 aromatic rings. The first-order chi connectivity index (χ1) is 16.8. The normalized spacial score (nSPS) is 57.6. The second-order valence-electron chi connectivity index (χ2n) is 13.8. The number of aliphatic hydroxyl groups excluding tert-OH is 2. The summed E-state index contributed by atoms with van der Waals surface area (Å²) in [4.78, 5) is 26.7. The van der Waals surface area contributed by atoms with Crippen LogP contribution in [0.1, 0.15) is 53.4 Å². The van der Waals surface area contributed by atoms with Crippen LogP contribution in [0.2, 0.25) is 0 Å². The number of ether oxygens (including phenoxy) is 2. The van der Waals surface area contributed by atoms with Gasteiger partial charge in [0.05, 0.1) is 12.2 Å². The van der Waals surface area contributed by atoms with E-state index in [1.54, 1.807) is 13.8 Å². The van der Waals surface area contributed by atoms with E-state index in [0.29, 0.717) is 58.8 Å². The van der Waals surface area contributed by atoms with Crippen molar-refractivity contribution in [3.63, 3.8) is 0 Å². The Morgan fingerprint density at radius 3 is 1.47 bits per heavy atom. The average Bonchev–Trinajstić information content (AvgIpc) is 3.67. The average molecular weight is 491 g/mol. The molecule has 0 saturated heterocycles. The highest BCUT2D eigenvalue weighted by Gasteiger charge is 2.82. The second kappa shape index (κ2) is 5.78. The summed E-state index contributed by atoms with van der Waals surface area (Å²) in [5, 5.41) is 24.0. The van der Waals surface area contributed by atoms with Crippen molar-refractivity contribution in [1.82, 2.24) is 0 Å². The van der Waals surface area contributed by atoms with Crippen LogP contribution in [0.3, 0.4) is 0 Å². The van der Waals surface area contributed by atoms with Crippen LogP contribution >= 0.6 is 0 Å². The maximum absolute atomic E-state index is 13.3. The maximum atomic E-state index is 13.3. The minimum absolute atomic E-state index is 0.160. The number of hydrogen-bond donors (Lipinski definition) is 2. The summed E-state index contributed by atoms with van der Waals surface area (Å²) in [7, 11) is 0. The van der Waals surface area contributed by atoms with Crippen LogP contribution in [0, 0.1) is 46.3 Å². The van der Waals surface area contributed by atoms with Crippen molar-refractivity contribution >= 4 is 11.9 Å². The molecule has 0 aromatic heterocycles. The van der Waals surface area contributed by atoms with E-state index in [1.165, 1.54) is 0 Å². The minimum atomic E-state index is -1.34. The van der Waals surface area contributed by atoms with Crippen molar-refractivity contribution in [2.75, 3.05) is 0 Å². The summed E-state index contributed by atoms with van der Waals surface area (Å²) in [6.45, 7) is 16.6. The Morgan fingerprint density at radius 2 is 1.11 bits per heavy atom. The zero-order valence-corrected chi connectivity index (χ0v) is 21.4. The Hall–Kier alpha value is -2.18. The van der Waals surface area contributed by atoms with E-state index < -0.39 is 35.3 Å². The van der Waals surface area contributed by atoms with Crippen LogP contribution in [0.15, 0.2) is 46.6 Å². The van der Waals surface area contributed by atoms with Gasteiger partial charge in [-0.15, -0.1) is 0 Å². The third kappa shape index (κ3) is 1.94. The molecule has 6 heteroatoms. The number of hydrogen-bond acceptors (Lipinski definition) is 6. The molecule has 2 N–H and O–H groups in total. The number of fused-ring (bicyclic) bond motifs is 9. The van der Waals surface area contributed by atoms with Crippen LogP contribution < -0.4 is 0 Å². The van der Waals surface area contributed by atoms with Gasteiger partial charge in [-0.2, -0.15) is 0 Å². The molecule has 6 fully saturated rings. The maximum Gasteiger partial charge on any atom is 0.334 e. The summed E-state index contributed by atoms with van der Waals surface area (Å²) in [6.07, 6.45) is 1.07. The Balaban J connectivity index is 1.40. The van der Waals surface area contributed by atoms with E-state index in [2.05, 4.69) is 27.0 Å². The fourth-order valence-electron chi connectivity index (χ4n) is 10.9. The monoisotopic (exact) mass is 490 g/mol. The molecule has 0 spiro atoms. The highest BCUT2D eigenvalue weighted by molar-refractivity contribution is 5.97. The Morgan fingerprint density at radius 1 is 0.750 bits per heavy atom. The van der Waals surface area contributed by atoms with Gasteiger partial charge < -0.3 is 19.7 Å². The van der Waals surface area contributed by atoms with Gasteiger partial charge in [0.15, 0.2) is 11.2 Å². The van der Waals surface area contributed by atoms with Crippen molar-refractivity contribution in [2.45, 2.75) is 76.8 Å². The zero-order valence-electron chi connectivity index (χ0n) is 21.4. The summed E-state index contributed by atoms with van der Waals surface area (Å²) < 4.78 is 12.8. The molecule has 2 heterocycles. The standard InChI is InChI=1S/C30H34O6/c1-11-15-7-17(15)27(5)9-29(21(23(31)19(11)27)13(3)25(33)35-29)30-10-28(6)18-8-16(18)12(2)20(28)24(32)22(30)14(4)26(34)36-30/h15-20,23-24,31-32H,1-2,7-10H2,3-6H3/t15-,16-,17-,18-,19-,20-,23-,24-,27+,28+,29-,30-/m1/s1. The molecular formula is C30H34O6. The molecular weight excluding hydrogens is 456 g/mol. The molecule has 8 aliphatic rings.